The van der Waals surface area contributed by atoms with E-state index in [0.717, 1.165) is 6.07 Å². The van der Waals surface area contributed by atoms with E-state index in [1.54, 1.807) is 0 Å². The smallest absolute Gasteiger partial charge is 0.240 e. The van der Waals surface area contributed by atoms with Gasteiger partial charge in [-0.25, -0.2) is 22.5 Å². The number of aromatic amines is 1. The van der Waals surface area contributed by atoms with Crippen molar-refractivity contribution in [1.82, 2.24) is 19.9 Å². The zero-order chi connectivity index (χ0) is 15.5. The maximum absolute atomic E-state index is 13.6. The highest BCUT2D eigenvalue weighted by Gasteiger charge is 2.18. The molecular formula is C11H13ClFN5O2S. The van der Waals surface area contributed by atoms with Crippen LogP contribution in [-0.2, 0) is 23.0 Å². The summed E-state index contributed by atoms with van der Waals surface area (Å²) in [5, 5.41) is 6.09. The van der Waals surface area contributed by atoms with E-state index in [-0.39, 0.29) is 28.6 Å². The molecule has 0 aliphatic heterocycles. The van der Waals surface area contributed by atoms with Gasteiger partial charge >= 0.3 is 0 Å². The molecule has 0 radical (unpaired) electrons. The maximum atomic E-state index is 13.6. The summed E-state index contributed by atoms with van der Waals surface area (Å²) in [5.41, 5.74) is 5.64. The van der Waals surface area contributed by atoms with Crippen LogP contribution in [0, 0.1) is 5.82 Å². The zero-order valence-electron chi connectivity index (χ0n) is 10.8. The van der Waals surface area contributed by atoms with E-state index in [4.69, 9.17) is 17.3 Å². The van der Waals surface area contributed by atoms with Crippen LogP contribution in [0.5, 0.6) is 0 Å². The van der Waals surface area contributed by atoms with Crippen molar-refractivity contribution in [3.05, 3.63) is 40.7 Å². The summed E-state index contributed by atoms with van der Waals surface area (Å²) >= 11 is 5.70. The molecule has 1 heterocycles. The fraction of sp³-hybridized carbons (Fsp3) is 0.273. The van der Waals surface area contributed by atoms with Crippen LogP contribution in [0.25, 0.3) is 0 Å². The molecule has 21 heavy (non-hydrogen) atoms. The van der Waals surface area contributed by atoms with Gasteiger partial charge in [-0.15, -0.1) is 0 Å². The van der Waals surface area contributed by atoms with Gasteiger partial charge in [0.15, 0.2) is 0 Å². The van der Waals surface area contributed by atoms with E-state index in [9.17, 15) is 12.8 Å². The van der Waals surface area contributed by atoms with Gasteiger partial charge in [0, 0.05) is 19.5 Å². The molecule has 0 bridgehead atoms. The lowest BCUT2D eigenvalue weighted by atomic mass is 10.2. The third-order valence-electron chi connectivity index (χ3n) is 2.73. The number of nitrogens with zero attached hydrogens (tertiary/aromatic N) is 2. The van der Waals surface area contributed by atoms with E-state index in [0.29, 0.717) is 12.2 Å². The van der Waals surface area contributed by atoms with Crippen LogP contribution in [0.3, 0.4) is 0 Å². The Bertz CT molecular complexity index is 720. The van der Waals surface area contributed by atoms with E-state index in [1.165, 1.54) is 12.4 Å². The van der Waals surface area contributed by atoms with Gasteiger partial charge in [0.2, 0.25) is 10.0 Å². The fourth-order valence-corrected chi connectivity index (χ4v) is 2.94. The first-order valence-electron chi connectivity index (χ1n) is 5.96. The van der Waals surface area contributed by atoms with Crippen LogP contribution in [-0.4, -0.2) is 30.1 Å². The van der Waals surface area contributed by atoms with Crippen molar-refractivity contribution in [2.75, 3.05) is 6.54 Å². The van der Waals surface area contributed by atoms with Crippen molar-refractivity contribution in [3.8, 4) is 0 Å². The van der Waals surface area contributed by atoms with E-state index in [1.807, 2.05) is 0 Å². The standard InChI is InChI=1S/C11H13ClFN5O2S/c12-11-7(5-14)3-8(4-9(11)13)21(19,20)17-2-1-10-15-6-16-18-10/h3-4,6,17H,1-2,5,14H2,(H,15,16,18). The third-order valence-corrected chi connectivity index (χ3v) is 4.59. The van der Waals surface area contributed by atoms with Crippen LogP contribution >= 0.6 is 11.6 Å². The number of hydrogen-bond acceptors (Lipinski definition) is 5. The van der Waals surface area contributed by atoms with Gasteiger partial charge in [-0.2, -0.15) is 5.10 Å². The van der Waals surface area contributed by atoms with E-state index >= 15 is 0 Å². The number of hydrogen-bond donors (Lipinski definition) is 3. The first kappa shape index (κ1) is 15.8. The van der Waals surface area contributed by atoms with Gasteiger partial charge < -0.3 is 5.73 Å². The summed E-state index contributed by atoms with van der Waals surface area (Å²) in [6.45, 7) is 0.0386. The average molecular weight is 334 g/mol. The highest BCUT2D eigenvalue weighted by molar-refractivity contribution is 7.89. The van der Waals surface area contributed by atoms with Crippen LogP contribution in [0.1, 0.15) is 11.4 Å². The first-order chi connectivity index (χ1) is 9.94. The minimum atomic E-state index is -3.85. The molecule has 2 aromatic rings. The second-order valence-electron chi connectivity index (χ2n) is 4.16. The molecule has 2 rings (SSSR count). The monoisotopic (exact) mass is 333 g/mol. The Morgan fingerprint density at radius 1 is 1.43 bits per heavy atom. The molecule has 0 aliphatic carbocycles. The Morgan fingerprint density at radius 3 is 2.81 bits per heavy atom. The van der Waals surface area contributed by atoms with Crippen molar-refractivity contribution in [3.63, 3.8) is 0 Å². The molecule has 10 heteroatoms. The number of sulfonamides is 1. The Labute approximate surface area is 125 Å². The van der Waals surface area contributed by atoms with Gasteiger partial charge in [0.1, 0.15) is 18.0 Å². The third kappa shape index (κ3) is 3.76. The Hall–Kier alpha value is -1.55. The van der Waals surface area contributed by atoms with Crippen LogP contribution in [0.15, 0.2) is 23.4 Å². The minimum Gasteiger partial charge on any atom is -0.326 e. The number of nitrogens with two attached hydrogens (primary N) is 1. The Kier molecular flexibility index (Phi) is 4.88. The second-order valence-corrected chi connectivity index (χ2v) is 6.31. The van der Waals surface area contributed by atoms with E-state index < -0.39 is 15.8 Å². The van der Waals surface area contributed by atoms with E-state index in [2.05, 4.69) is 19.9 Å². The maximum Gasteiger partial charge on any atom is 0.240 e. The van der Waals surface area contributed by atoms with Gasteiger partial charge in [0.05, 0.1) is 9.92 Å². The number of benzene rings is 1. The summed E-state index contributed by atoms with van der Waals surface area (Å²) in [4.78, 5) is 3.65. The lowest BCUT2D eigenvalue weighted by Crippen LogP contribution is -2.26. The van der Waals surface area contributed by atoms with Gasteiger partial charge in [-0.1, -0.05) is 11.6 Å². The van der Waals surface area contributed by atoms with Gasteiger partial charge in [0.25, 0.3) is 0 Å². The molecule has 0 aliphatic rings. The normalized spacial score (nSPS) is 11.8. The second kappa shape index (κ2) is 6.48. The predicted octanol–water partition coefficient (Wildman–Crippen LogP) is 0.577. The lowest BCUT2D eigenvalue weighted by molar-refractivity contribution is 0.576. The molecule has 0 atom stereocenters. The SMILES string of the molecule is NCc1cc(S(=O)(=O)NCCc2ncn[nH]2)cc(F)c1Cl. The summed E-state index contributed by atoms with van der Waals surface area (Å²) in [5.74, 6) is -0.280. The highest BCUT2D eigenvalue weighted by Crippen LogP contribution is 2.24. The number of nitrogens with one attached hydrogen (secondary N) is 2. The molecule has 0 amide bonds. The zero-order valence-corrected chi connectivity index (χ0v) is 12.4. The number of aromatic nitrogens is 3. The predicted molar refractivity (Wildman–Crippen MR) is 74.6 cm³/mol. The largest absolute Gasteiger partial charge is 0.326 e. The quantitative estimate of drug-likeness (QED) is 0.715. The van der Waals surface area contributed by atoms with Crippen molar-refractivity contribution in [2.24, 2.45) is 5.73 Å². The van der Waals surface area contributed by atoms with Crippen molar-refractivity contribution < 1.29 is 12.8 Å². The topological polar surface area (TPSA) is 114 Å². The molecule has 0 saturated carbocycles. The summed E-state index contributed by atoms with van der Waals surface area (Å²) in [6.07, 6.45) is 1.66. The van der Waals surface area contributed by atoms with Crippen molar-refractivity contribution in [1.29, 1.82) is 0 Å². The number of H-pyrrole nitrogens is 1. The molecule has 1 aromatic heterocycles. The molecule has 1 aromatic carbocycles. The summed E-state index contributed by atoms with van der Waals surface area (Å²) < 4.78 is 40.1. The Morgan fingerprint density at radius 2 is 2.19 bits per heavy atom. The number of rotatable bonds is 6. The highest BCUT2D eigenvalue weighted by atomic mass is 35.5. The minimum absolute atomic E-state index is 0.0584. The van der Waals surface area contributed by atoms with Crippen molar-refractivity contribution in [2.45, 2.75) is 17.9 Å². The molecule has 0 fully saturated rings. The average Bonchev–Trinajstić information content (AvgIpc) is 2.94. The molecular weight excluding hydrogens is 321 g/mol. The molecule has 0 saturated heterocycles. The van der Waals surface area contributed by atoms with Gasteiger partial charge in [-0.3, -0.25) is 5.10 Å². The molecule has 114 valence electrons. The molecule has 0 unspecified atom stereocenters. The van der Waals surface area contributed by atoms with Crippen LogP contribution in [0.4, 0.5) is 4.39 Å². The Balaban J connectivity index is 2.13. The van der Waals surface area contributed by atoms with Crippen LogP contribution < -0.4 is 10.5 Å². The van der Waals surface area contributed by atoms with Crippen molar-refractivity contribution >= 4 is 21.6 Å². The summed E-state index contributed by atoms with van der Waals surface area (Å²) in [7, 11) is -3.85. The van der Waals surface area contributed by atoms with Crippen LogP contribution in [0.2, 0.25) is 5.02 Å². The fourth-order valence-electron chi connectivity index (χ4n) is 1.66. The molecule has 4 N–H and O–H groups in total. The van der Waals surface area contributed by atoms with Gasteiger partial charge in [-0.05, 0) is 17.7 Å². The first-order valence-corrected chi connectivity index (χ1v) is 7.82. The summed E-state index contributed by atoms with van der Waals surface area (Å²) in [6, 6.07) is 2.11. The molecule has 0 spiro atoms. The number of halogens is 2. The molecule has 7 nitrogen and oxygen atoms in total. The lowest BCUT2D eigenvalue weighted by Gasteiger charge is -2.09.